The van der Waals surface area contributed by atoms with E-state index in [4.69, 9.17) is 10.8 Å². The number of nitrogens with one attached hydrogen (secondary N) is 4. The summed E-state index contributed by atoms with van der Waals surface area (Å²) in [6, 6.07) is -4.76. The second-order valence-electron chi connectivity index (χ2n) is 7.69. The van der Waals surface area contributed by atoms with Crippen LogP contribution in [-0.2, 0) is 30.4 Å². The van der Waals surface area contributed by atoms with E-state index in [1.807, 2.05) is 0 Å². The SMILES string of the molecule is CC(C)C(NC(=O)C(Cc1cnc[nH]1)NC(=O)C(CCC(=O)O)NC(=O)C(N)CS)C(=O)O. The Labute approximate surface area is 195 Å². The minimum Gasteiger partial charge on any atom is -0.481 e. The van der Waals surface area contributed by atoms with Crippen LogP contribution in [-0.4, -0.2) is 79.8 Å². The Hall–Kier alpha value is -3.13. The number of amides is 3. The fourth-order valence-corrected chi connectivity index (χ4v) is 2.93. The quantitative estimate of drug-likeness (QED) is 0.140. The molecule has 1 rings (SSSR count). The third-order valence-electron chi connectivity index (χ3n) is 4.66. The van der Waals surface area contributed by atoms with Crippen molar-refractivity contribution < 1.29 is 34.2 Å². The molecule has 0 fully saturated rings. The molecule has 0 spiro atoms. The van der Waals surface area contributed by atoms with Crippen LogP contribution in [0.15, 0.2) is 12.5 Å². The zero-order valence-corrected chi connectivity index (χ0v) is 19.2. The Balaban J connectivity index is 3.07. The van der Waals surface area contributed by atoms with Gasteiger partial charge in [-0.2, -0.15) is 12.6 Å². The zero-order valence-electron chi connectivity index (χ0n) is 18.3. The van der Waals surface area contributed by atoms with Gasteiger partial charge >= 0.3 is 11.9 Å². The molecule has 4 atom stereocenters. The normalized spacial score (nSPS) is 14.6. The third kappa shape index (κ3) is 9.49. The van der Waals surface area contributed by atoms with Crippen molar-refractivity contribution in [3.8, 4) is 0 Å². The highest BCUT2D eigenvalue weighted by molar-refractivity contribution is 7.80. The molecular formula is C19H30N6O7S. The van der Waals surface area contributed by atoms with Gasteiger partial charge in [0.25, 0.3) is 0 Å². The first kappa shape index (κ1) is 27.9. The van der Waals surface area contributed by atoms with Crippen molar-refractivity contribution in [2.24, 2.45) is 11.7 Å². The van der Waals surface area contributed by atoms with Crippen molar-refractivity contribution in [3.05, 3.63) is 18.2 Å². The van der Waals surface area contributed by atoms with Gasteiger partial charge in [-0.15, -0.1) is 0 Å². The highest BCUT2D eigenvalue weighted by Crippen LogP contribution is 2.07. The minimum absolute atomic E-state index is 0.00423. The van der Waals surface area contributed by atoms with Crippen molar-refractivity contribution in [1.29, 1.82) is 0 Å². The molecule has 0 radical (unpaired) electrons. The Morgan fingerprint density at radius 3 is 2.15 bits per heavy atom. The van der Waals surface area contributed by atoms with E-state index < -0.39 is 66.2 Å². The molecule has 1 aromatic heterocycles. The van der Waals surface area contributed by atoms with Crippen molar-refractivity contribution in [2.45, 2.75) is 57.3 Å². The van der Waals surface area contributed by atoms with E-state index in [1.165, 1.54) is 12.5 Å². The third-order valence-corrected chi connectivity index (χ3v) is 5.05. The summed E-state index contributed by atoms with van der Waals surface area (Å²) in [6.45, 7) is 3.23. The predicted octanol–water partition coefficient (Wildman–Crippen LogP) is -1.73. The van der Waals surface area contributed by atoms with E-state index in [0.29, 0.717) is 5.69 Å². The van der Waals surface area contributed by atoms with Crippen LogP contribution >= 0.6 is 12.6 Å². The highest BCUT2D eigenvalue weighted by Gasteiger charge is 2.31. The number of hydrogen-bond acceptors (Lipinski definition) is 8. The maximum atomic E-state index is 12.9. The number of aliphatic carboxylic acids is 2. The lowest BCUT2D eigenvalue weighted by atomic mass is 10.0. The van der Waals surface area contributed by atoms with Crippen LogP contribution in [0.2, 0.25) is 0 Å². The van der Waals surface area contributed by atoms with Gasteiger partial charge in [0.05, 0.1) is 12.4 Å². The first-order valence-corrected chi connectivity index (χ1v) is 10.8. The topological polar surface area (TPSA) is 217 Å². The molecule has 184 valence electrons. The van der Waals surface area contributed by atoms with Gasteiger partial charge in [-0.1, -0.05) is 13.8 Å². The smallest absolute Gasteiger partial charge is 0.326 e. The lowest BCUT2D eigenvalue weighted by Gasteiger charge is -2.25. The molecule has 0 aliphatic rings. The molecule has 13 nitrogen and oxygen atoms in total. The molecule has 3 amide bonds. The van der Waals surface area contributed by atoms with Gasteiger partial charge < -0.3 is 36.9 Å². The second kappa shape index (κ2) is 13.4. The maximum absolute atomic E-state index is 12.9. The molecule has 33 heavy (non-hydrogen) atoms. The lowest BCUT2D eigenvalue weighted by molar-refractivity contribution is -0.143. The molecule has 14 heteroatoms. The van der Waals surface area contributed by atoms with Crippen molar-refractivity contribution in [3.63, 3.8) is 0 Å². The summed E-state index contributed by atoms with van der Waals surface area (Å²) < 4.78 is 0. The Morgan fingerprint density at radius 2 is 1.67 bits per heavy atom. The summed E-state index contributed by atoms with van der Waals surface area (Å²) in [7, 11) is 0. The first-order chi connectivity index (χ1) is 15.5. The standard InChI is InChI=1S/C19H30N6O7S/c1-9(2)15(19(31)32)25-18(30)13(5-10-6-21-8-22-10)24-17(29)12(3-4-14(26)27)23-16(28)11(20)7-33/h6,8-9,11-13,15,33H,3-5,7,20H2,1-2H3,(H,21,22)(H,23,28)(H,24,29)(H,25,30)(H,26,27)(H,31,32). The summed E-state index contributed by atoms with van der Waals surface area (Å²) in [5, 5.41) is 25.6. The van der Waals surface area contributed by atoms with Gasteiger partial charge in [-0.25, -0.2) is 9.78 Å². The second-order valence-corrected chi connectivity index (χ2v) is 8.06. The van der Waals surface area contributed by atoms with E-state index in [9.17, 15) is 29.1 Å². The van der Waals surface area contributed by atoms with E-state index >= 15 is 0 Å². The van der Waals surface area contributed by atoms with Crippen LogP contribution in [0.1, 0.15) is 32.4 Å². The molecule has 0 bridgehead atoms. The first-order valence-electron chi connectivity index (χ1n) is 10.2. The monoisotopic (exact) mass is 486 g/mol. The number of H-pyrrole nitrogens is 1. The number of hydrogen-bond donors (Lipinski definition) is 8. The number of carboxylic acid groups (broad SMARTS) is 2. The Kier molecular flexibility index (Phi) is 11.4. The Morgan fingerprint density at radius 1 is 1.06 bits per heavy atom. The van der Waals surface area contributed by atoms with E-state index in [2.05, 4.69) is 38.5 Å². The average Bonchev–Trinajstić information content (AvgIpc) is 3.25. The number of nitrogens with two attached hydrogens (primary N) is 1. The average molecular weight is 487 g/mol. The number of aromatic amines is 1. The van der Waals surface area contributed by atoms with Crippen LogP contribution in [0.3, 0.4) is 0 Å². The highest BCUT2D eigenvalue weighted by atomic mass is 32.1. The van der Waals surface area contributed by atoms with E-state index in [1.54, 1.807) is 13.8 Å². The fourth-order valence-electron chi connectivity index (χ4n) is 2.76. The van der Waals surface area contributed by atoms with Gasteiger partial charge in [0, 0.05) is 30.5 Å². The van der Waals surface area contributed by atoms with Gasteiger partial charge in [0.2, 0.25) is 17.7 Å². The molecule has 1 aromatic rings. The number of imidazole rings is 1. The number of carbonyl (C=O) groups excluding carboxylic acids is 3. The molecule has 0 saturated carbocycles. The number of thiol groups is 1. The summed E-state index contributed by atoms with van der Waals surface area (Å²) in [6.07, 6.45) is 2.06. The molecule has 4 unspecified atom stereocenters. The van der Waals surface area contributed by atoms with Crippen molar-refractivity contribution in [1.82, 2.24) is 25.9 Å². The van der Waals surface area contributed by atoms with Gasteiger partial charge in [-0.05, 0) is 12.3 Å². The van der Waals surface area contributed by atoms with E-state index in [-0.39, 0.29) is 18.6 Å². The fraction of sp³-hybridized carbons (Fsp3) is 0.579. The number of carboxylic acids is 2. The maximum Gasteiger partial charge on any atom is 0.326 e. The number of nitrogens with zero attached hydrogens (tertiary/aromatic N) is 1. The summed E-state index contributed by atoms with van der Waals surface area (Å²) in [5.41, 5.74) is 6.09. The van der Waals surface area contributed by atoms with Crippen LogP contribution in [0.5, 0.6) is 0 Å². The molecule has 0 saturated heterocycles. The van der Waals surface area contributed by atoms with Gasteiger partial charge in [0.1, 0.15) is 18.1 Å². The van der Waals surface area contributed by atoms with Crippen LogP contribution < -0.4 is 21.7 Å². The van der Waals surface area contributed by atoms with Gasteiger partial charge in [0.15, 0.2) is 0 Å². The largest absolute Gasteiger partial charge is 0.481 e. The van der Waals surface area contributed by atoms with Crippen molar-refractivity contribution in [2.75, 3.05) is 5.75 Å². The summed E-state index contributed by atoms with van der Waals surface area (Å²) in [5.74, 6) is -5.17. The Bertz CT molecular complexity index is 833. The molecule has 1 heterocycles. The molecule has 0 aliphatic heterocycles. The number of rotatable bonds is 14. The predicted molar refractivity (Wildman–Crippen MR) is 119 cm³/mol. The summed E-state index contributed by atoms with van der Waals surface area (Å²) in [4.78, 5) is 67.0. The van der Waals surface area contributed by atoms with Crippen LogP contribution in [0, 0.1) is 5.92 Å². The number of aromatic nitrogens is 2. The lowest BCUT2D eigenvalue weighted by Crippen LogP contribution is -2.58. The minimum atomic E-state index is -1.29. The van der Waals surface area contributed by atoms with Gasteiger partial charge in [-0.3, -0.25) is 19.2 Å². The van der Waals surface area contributed by atoms with E-state index in [0.717, 1.165) is 0 Å². The number of carbonyl (C=O) groups is 5. The zero-order chi connectivity index (χ0) is 25.1. The molecule has 8 N–H and O–H groups in total. The molecule has 0 aliphatic carbocycles. The van der Waals surface area contributed by atoms with Crippen LogP contribution in [0.25, 0.3) is 0 Å². The van der Waals surface area contributed by atoms with Crippen molar-refractivity contribution >= 4 is 42.3 Å². The van der Waals surface area contributed by atoms with Crippen LogP contribution in [0.4, 0.5) is 0 Å². The summed E-state index contributed by atoms with van der Waals surface area (Å²) >= 11 is 3.92. The molecule has 0 aromatic carbocycles. The molecular weight excluding hydrogens is 456 g/mol.